The van der Waals surface area contributed by atoms with Gasteiger partial charge < -0.3 is 4.90 Å². The molecule has 8 heteroatoms. The zero-order valence-electron chi connectivity index (χ0n) is 11.8. The average Bonchev–Trinajstić information content (AvgIpc) is 3.09. The maximum atomic E-state index is 10.8. The highest BCUT2D eigenvalue weighted by molar-refractivity contribution is 5.63. The number of nitrogens with zero attached hydrogens (tertiary/aromatic N) is 5. The Balaban J connectivity index is 1.87. The second-order valence-corrected chi connectivity index (χ2v) is 5.23. The summed E-state index contributed by atoms with van der Waals surface area (Å²) in [5, 5.41) is 26.9. The number of aromatic amines is 1. The number of anilines is 1. The van der Waals surface area contributed by atoms with Crippen LogP contribution in [0.15, 0.2) is 24.5 Å². The van der Waals surface area contributed by atoms with Gasteiger partial charge in [0.05, 0.1) is 16.2 Å². The smallest absolute Gasteiger partial charge is 0.270 e. The largest absolute Gasteiger partial charge is 0.370 e. The lowest BCUT2D eigenvalue weighted by molar-refractivity contribution is -0.384. The molecule has 2 heterocycles. The van der Waals surface area contributed by atoms with Gasteiger partial charge in [-0.1, -0.05) is 0 Å². The number of nitrogens with one attached hydrogen (secondary N) is 1. The third kappa shape index (κ3) is 2.61. The van der Waals surface area contributed by atoms with E-state index in [1.807, 2.05) is 0 Å². The molecule has 22 heavy (non-hydrogen) atoms. The molecule has 1 atom stereocenters. The van der Waals surface area contributed by atoms with Crippen LogP contribution in [0.25, 0.3) is 0 Å². The van der Waals surface area contributed by atoms with E-state index in [1.165, 1.54) is 18.5 Å². The fourth-order valence-corrected chi connectivity index (χ4v) is 2.83. The Morgan fingerprint density at radius 3 is 3.05 bits per heavy atom. The molecular weight excluding hydrogens is 284 g/mol. The highest BCUT2D eigenvalue weighted by atomic mass is 16.6. The fraction of sp³-hybridized carbons (Fsp3) is 0.357. The Morgan fingerprint density at radius 1 is 1.50 bits per heavy atom. The van der Waals surface area contributed by atoms with Crippen LogP contribution in [0, 0.1) is 21.4 Å². The Kier molecular flexibility index (Phi) is 3.70. The molecule has 3 rings (SSSR count). The number of H-pyrrole nitrogens is 1. The number of nitriles is 1. The molecule has 0 amide bonds. The van der Waals surface area contributed by atoms with Gasteiger partial charge in [-0.3, -0.25) is 15.2 Å². The summed E-state index contributed by atoms with van der Waals surface area (Å²) in [5.41, 5.74) is 0.994. The number of nitro benzene ring substituents is 1. The van der Waals surface area contributed by atoms with Gasteiger partial charge in [0.1, 0.15) is 18.2 Å². The Hall–Kier alpha value is -2.95. The Morgan fingerprint density at radius 2 is 2.36 bits per heavy atom. The lowest BCUT2D eigenvalue weighted by Gasteiger charge is -2.33. The first kappa shape index (κ1) is 14.0. The number of hydrogen-bond donors (Lipinski definition) is 1. The molecule has 0 spiro atoms. The quantitative estimate of drug-likeness (QED) is 0.684. The number of non-ortho nitro benzene ring substituents is 1. The van der Waals surface area contributed by atoms with Crippen molar-refractivity contribution in [3.8, 4) is 6.07 Å². The van der Waals surface area contributed by atoms with Gasteiger partial charge in [0.25, 0.3) is 5.69 Å². The number of nitro groups is 1. The second kappa shape index (κ2) is 5.81. The van der Waals surface area contributed by atoms with Crippen molar-refractivity contribution in [1.82, 2.24) is 15.2 Å². The minimum atomic E-state index is -0.488. The van der Waals surface area contributed by atoms with Gasteiger partial charge in [0.15, 0.2) is 0 Å². The topological polar surface area (TPSA) is 112 Å². The molecular formula is C14H14N6O2. The summed E-state index contributed by atoms with van der Waals surface area (Å²) in [5.74, 6) is 1.06. The minimum absolute atomic E-state index is 0.0657. The van der Waals surface area contributed by atoms with E-state index in [0.29, 0.717) is 12.1 Å². The predicted octanol–water partition coefficient (Wildman–Crippen LogP) is 1.97. The first-order valence-electron chi connectivity index (χ1n) is 6.98. The highest BCUT2D eigenvalue weighted by Crippen LogP contribution is 2.31. The molecule has 8 nitrogen and oxygen atoms in total. The zero-order chi connectivity index (χ0) is 15.5. The first-order valence-corrected chi connectivity index (χ1v) is 6.98. The summed E-state index contributed by atoms with van der Waals surface area (Å²) in [6.07, 6.45) is 3.45. The van der Waals surface area contributed by atoms with Crippen molar-refractivity contribution in [1.29, 1.82) is 5.26 Å². The molecule has 0 saturated carbocycles. The van der Waals surface area contributed by atoms with Gasteiger partial charge in [0, 0.05) is 31.1 Å². The maximum Gasteiger partial charge on any atom is 0.270 e. The molecule has 1 aliphatic rings. The van der Waals surface area contributed by atoms with Gasteiger partial charge in [-0.25, -0.2) is 4.98 Å². The lowest BCUT2D eigenvalue weighted by Crippen LogP contribution is -2.35. The van der Waals surface area contributed by atoms with Crippen molar-refractivity contribution >= 4 is 11.4 Å². The summed E-state index contributed by atoms with van der Waals surface area (Å²) < 4.78 is 0. The van der Waals surface area contributed by atoms with Gasteiger partial charge in [-0.2, -0.15) is 10.4 Å². The maximum absolute atomic E-state index is 10.8. The average molecular weight is 298 g/mol. The molecule has 0 aliphatic carbocycles. The second-order valence-electron chi connectivity index (χ2n) is 5.23. The number of benzene rings is 1. The highest BCUT2D eigenvalue weighted by Gasteiger charge is 2.25. The summed E-state index contributed by atoms with van der Waals surface area (Å²) in [6, 6.07) is 6.47. The van der Waals surface area contributed by atoms with Crippen LogP contribution in [0.4, 0.5) is 11.4 Å². The molecule has 1 N–H and O–H groups in total. The summed E-state index contributed by atoms with van der Waals surface area (Å²) in [4.78, 5) is 16.6. The third-order valence-corrected chi connectivity index (χ3v) is 3.89. The molecule has 0 bridgehead atoms. The van der Waals surface area contributed by atoms with E-state index in [-0.39, 0.29) is 11.6 Å². The van der Waals surface area contributed by atoms with E-state index < -0.39 is 4.92 Å². The van der Waals surface area contributed by atoms with Gasteiger partial charge >= 0.3 is 0 Å². The molecule has 112 valence electrons. The molecule has 1 aliphatic heterocycles. The van der Waals surface area contributed by atoms with Crippen LogP contribution in [0.3, 0.4) is 0 Å². The van der Waals surface area contributed by atoms with Crippen LogP contribution in [0.1, 0.15) is 30.1 Å². The number of rotatable bonds is 3. The molecule has 1 fully saturated rings. The summed E-state index contributed by atoms with van der Waals surface area (Å²) >= 11 is 0. The van der Waals surface area contributed by atoms with E-state index in [0.717, 1.165) is 30.9 Å². The van der Waals surface area contributed by atoms with Crippen LogP contribution in [0.2, 0.25) is 0 Å². The van der Waals surface area contributed by atoms with Crippen molar-refractivity contribution < 1.29 is 4.92 Å². The molecule has 0 radical (unpaired) electrons. The van der Waals surface area contributed by atoms with Gasteiger partial charge in [-0.15, -0.1) is 0 Å². The van der Waals surface area contributed by atoms with E-state index in [1.54, 1.807) is 6.07 Å². The van der Waals surface area contributed by atoms with Gasteiger partial charge in [0.2, 0.25) is 0 Å². The normalized spacial score (nSPS) is 18.0. The number of piperidine rings is 1. The Bertz CT molecular complexity index is 721. The van der Waals surface area contributed by atoms with E-state index in [9.17, 15) is 15.4 Å². The predicted molar refractivity (Wildman–Crippen MR) is 78.4 cm³/mol. The van der Waals surface area contributed by atoms with Crippen molar-refractivity contribution in [2.75, 3.05) is 18.0 Å². The molecule has 1 aromatic carbocycles. The van der Waals surface area contributed by atoms with Crippen LogP contribution in [-0.4, -0.2) is 33.2 Å². The van der Waals surface area contributed by atoms with Crippen molar-refractivity contribution in [3.05, 3.63) is 46.0 Å². The first-order chi connectivity index (χ1) is 10.7. The lowest BCUT2D eigenvalue weighted by atomic mass is 9.96. The monoisotopic (exact) mass is 298 g/mol. The SMILES string of the molecule is N#Cc1cc([N+](=O)[O-])ccc1N1CCC[C@H](c2ncn[nH]2)C1. The zero-order valence-corrected chi connectivity index (χ0v) is 11.8. The van der Waals surface area contributed by atoms with Gasteiger partial charge in [-0.05, 0) is 18.9 Å². The molecule has 0 unspecified atom stereocenters. The summed E-state index contributed by atoms with van der Waals surface area (Å²) in [7, 11) is 0. The Labute approximate surface area is 126 Å². The van der Waals surface area contributed by atoms with Crippen LogP contribution >= 0.6 is 0 Å². The van der Waals surface area contributed by atoms with E-state index in [2.05, 4.69) is 26.2 Å². The standard InChI is InChI=1S/C14H14N6O2/c15-7-11-6-12(20(21)22)3-4-13(11)19-5-1-2-10(8-19)14-16-9-17-18-14/h3-4,6,9-10H,1-2,5,8H2,(H,16,17,18)/t10-/m0/s1. The van der Waals surface area contributed by atoms with Crippen LogP contribution in [0.5, 0.6) is 0 Å². The molecule has 1 aromatic heterocycles. The van der Waals surface area contributed by atoms with Crippen LogP contribution < -0.4 is 4.90 Å². The van der Waals surface area contributed by atoms with E-state index in [4.69, 9.17) is 0 Å². The van der Waals surface area contributed by atoms with Crippen molar-refractivity contribution in [2.24, 2.45) is 0 Å². The van der Waals surface area contributed by atoms with E-state index >= 15 is 0 Å². The molecule has 1 saturated heterocycles. The van der Waals surface area contributed by atoms with Crippen LogP contribution in [-0.2, 0) is 0 Å². The van der Waals surface area contributed by atoms with Crippen molar-refractivity contribution in [2.45, 2.75) is 18.8 Å². The number of aromatic nitrogens is 3. The number of hydrogen-bond acceptors (Lipinski definition) is 6. The summed E-state index contributed by atoms with van der Waals surface area (Å²) in [6.45, 7) is 1.53. The molecule has 2 aromatic rings. The third-order valence-electron chi connectivity index (χ3n) is 3.89. The van der Waals surface area contributed by atoms with Crippen molar-refractivity contribution in [3.63, 3.8) is 0 Å². The fourth-order valence-electron chi connectivity index (χ4n) is 2.83. The minimum Gasteiger partial charge on any atom is -0.370 e.